The van der Waals surface area contributed by atoms with Gasteiger partial charge in [0.25, 0.3) is 0 Å². The molecule has 2 amide bonds. The van der Waals surface area contributed by atoms with Crippen LogP contribution in [0.5, 0.6) is 0 Å². The van der Waals surface area contributed by atoms with Crippen LogP contribution in [-0.2, 0) is 15.3 Å². The van der Waals surface area contributed by atoms with Crippen LogP contribution in [-0.4, -0.2) is 50.7 Å². The number of rotatable bonds is 7. The van der Waals surface area contributed by atoms with Crippen LogP contribution in [0, 0.1) is 5.82 Å². The van der Waals surface area contributed by atoms with Gasteiger partial charge in [0.1, 0.15) is 11.9 Å². The summed E-state index contributed by atoms with van der Waals surface area (Å²) in [6.45, 7) is 1.83. The van der Waals surface area contributed by atoms with Gasteiger partial charge in [-0.2, -0.15) is 0 Å². The molecule has 1 aromatic carbocycles. The van der Waals surface area contributed by atoms with E-state index in [1.165, 1.54) is 36.0 Å². The molecule has 3 heterocycles. The summed E-state index contributed by atoms with van der Waals surface area (Å²) < 4.78 is 21.6. The largest absolute Gasteiger partial charge is 0.442 e. The number of nitrogens with zero attached hydrogens (tertiary/aromatic N) is 5. The maximum atomic E-state index is 14.8. The molecule has 1 N–H and O–H groups in total. The number of carbonyl (C=O) groups is 2. The monoisotopic (exact) mass is 442 g/mol. The summed E-state index contributed by atoms with van der Waals surface area (Å²) >= 11 is 1.44. The molecule has 0 unspecified atom stereocenters. The fourth-order valence-corrected chi connectivity index (χ4v) is 3.73. The molecular formula is C20H19FN6O3S. The number of hydrogen-bond acceptors (Lipinski definition) is 7. The van der Waals surface area contributed by atoms with Gasteiger partial charge in [0.2, 0.25) is 5.91 Å². The second-order valence-corrected chi connectivity index (χ2v) is 7.72. The van der Waals surface area contributed by atoms with E-state index < -0.39 is 18.0 Å². The molecule has 1 fully saturated rings. The first-order valence-electron chi connectivity index (χ1n) is 9.45. The van der Waals surface area contributed by atoms with Gasteiger partial charge < -0.3 is 14.6 Å². The number of ether oxygens (including phenoxy) is 1. The van der Waals surface area contributed by atoms with Crippen molar-refractivity contribution in [2.24, 2.45) is 0 Å². The van der Waals surface area contributed by atoms with Gasteiger partial charge in [-0.3, -0.25) is 9.69 Å². The minimum Gasteiger partial charge on any atom is -0.442 e. The van der Waals surface area contributed by atoms with Gasteiger partial charge in [-0.25, -0.2) is 24.1 Å². The third-order valence-electron chi connectivity index (χ3n) is 4.50. The third-order valence-corrected chi connectivity index (χ3v) is 5.41. The Balaban J connectivity index is 1.43. The molecule has 1 aliphatic heterocycles. The van der Waals surface area contributed by atoms with Gasteiger partial charge >= 0.3 is 6.09 Å². The molecule has 4 rings (SSSR count). The zero-order valence-corrected chi connectivity index (χ0v) is 17.4. The second kappa shape index (κ2) is 9.13. The van der Waals surface area contributed by atoms with E-state index in [2.05, 4.69) is 20.3 Å². The molecule has 3 aromatic rings. The zero-order chi connectivity index (χ0) is 21.8. The van der Waals surface area contributed by atoms with E-state index in [-0.39, 0.29) is 19.0 Å². The average Bonchev–Trinajstić information content (AvgIpc) is 3.38. The van der Waals surface area contributed by atoms with Gasteiger partial charge in [-0.05, 0) is 24.3 Å². The molecule has 1 atom stereocenters. The highest BCUT2D eigenvalue weighted by atomic mass is 32.2. The molecule has 2 aromatic heterocycles. The van der Waals surface area contributed by atoms with Crippen molar-refractivity contribution in [3.8, 4) is 5.69 Å². The van der Waals surface area contributed by atoms with Crippen LogP contribution in [0.3, 0.4) is 0 Å². The number of benzene rings is 1. The van der Waals surface area contributed by atoms with Gasteiger partial charge in [-0.15, -0.1) is 0 Å². The highest BCUT2D eigenvalue weighted by molar-refractivity contribution is 7.98. The highest BCUT2D eigenvalue weighted by Crippen LogP contribution is 2.26. The first-order valence-corrected chi connectivity index (χ1v) is 10.4. The van der Waals surface area contributed by atoms with Crippen molar-refractivity contribution in [3.05, 3.63) is 60.7 Å². The summed E-state index contributed by atoms with van der Waals surface area (Å²) in [6, 6.07) is 6.25. The van der Waals surface area contributed by atoms with Crippen LogP contribution in [0.4, 0.5) is 14.9 Å². The van der Waals surface area contributed by atoms with E-state index in [1.54, 1.807) is 41.4 Å². The Morgan fingerprint density at radius 2 is 2.13 bits per heavy atom. The van der Waals surface area contributed by atoms with Gasteiger partial charge in [0, 0.05) is 31.3 Å². The van der Waals surface area contributed by atoms with E-state index in [0.29, 0.717) is 22.3 Å². The molecule has 160 valence electrons. The van der Waals surface area contributed by atoms with Crippen molar-refractivity contribution >= 4 is 29.4 Å². The minimum atomic E-state index is -0.576. The predicted molar refractivity (Wildman–Crippen MR) is 111 cm³/mol. The number of hydrogen-bond donors (Lipinski definition) is 1. The molecule has 31 heavy (non-hydrogen) atoms. The summed E-state index contributed by atoms with van der Waals surface area (Å²) in [6.07, 6.45) is 5.55. The lowest BCUT2D eigenvalue weighted by atomic mass is 10.2. The average molecular weight is 442 g/mol. The summed E-state index contributed by atoms with van der Waals surface area (Å²) in [7, 11) is 0. The number of nitrogens with one attached hydrogen (secondary N) is 1. The first kappa shape index (κ1) is 20.8. The smallest absolute Gasteiger partial charge is 0.414 e. The lowest BCUT2D eigenvalue weighted by Crippen LogP contribution is -2.33. The number of anilines is 1. The van der Waals surface area contributed by atoms with E-state index in [0.717, 1.165) is 5.69 Å². The number of aromatic nitrogens is 4. The molecule has 9 nitrogen and oxygen atoms in total. The molecule has 0 bridgehead atoms. The fraction of sp³-hybridized carbons (Fsp3) is 0.250. The molecule has 0 saturated carbocycles. The Morgan fingerprint density at radius 3 is 2.87 bits per heavy atom. The quantitative estimate of drug-likeness (QED) is 0.443. The molecular weight excluding hydrogens is 423 g/mol. The summed E-state index contributed by atoms with van der Waals surface area (Å²) in [5.74, 6) is -0.163. The fourth-order valence-electron chi connectivity index (χ4n) is 3.04. The van der Waals surface area contributed by atoms with Crippen LogP contribution in [0.2, 0.25) is 0 Å². The number of halogens is 1. The van der Waals surface area contributed by atoms with E-state index in [4.69, 9.17) is 4.74 Å². The van der Waals surface area contributed by atoms with Crippen molar-refractivity contribution in [1.29, 1.82) is 0 Å². The Kier molecular flexibility index (Phi) is 6.12. The number of carbonyl (C=O) groups excluding carboxylic acids is 2. The molecule has 0 aliphatic carbocycles. The predicted octanol–water partition coefficient (Wildman–Crippen LogP) is 2.56. The van der Waals surface area contributed by atoms with Crippen LogP contribution in [0.25, 0.3) is 5.69 Å². The Morgan fingerprint density at radius 1 is 1.32 bits per heavy atom. The summed E-state index contributed by atoms with van der Waals surface area (Å²) in [5.41, 5.74) is 1.45. The Hall–Kier alpha value is -3.47. The van der Waals surface area contributed by atoms with E-state index in [1.807, 2.05) is 0 Å². The number of thioether (sulfide) groups is 1. The van der Waals surface area contributed by atoms with Gasteiger partial charge in [0.05, 0.1) is 36.5 Å². The van der Waals surface area contributed by atoms with Crippen molar-refractivity contribution in [2.75, 3.05) is 18.0 Å². The second-order valence-electron chi connectivity index (χ2n) is 6.78. The van der Waals surface area contributed by atoms with E-state index >= 15 is 0 Å². The van der Waals surface area contributed by atoms with Crippen LogP contribution < -0.4 is 10.2 Å². The van der Waals surface area contributed by atoms with Crippen LogP contribution >= 0.6 is 11.8 Å². The molecule has 1 aliphatic rings. The maximum Gasteiger partial charge on any atom is 0.414 e. The Labute approximate surface area is 181 Å². The van der Waals surface area contributed by atoms with Crippen molar-refractivity contribution < 1.29 is 18.7 Å². The van der Waals surface area contributed by atoms with E-state index in [9.17, 15) is 14.0 Å². The van der Waals surface area contributed by atoms with Crippen molar-refractivity contribution in [2.45, 2.75) is 23.9 Å². The molecule has 11 heteroatoms. The standard InChI is InChI=1S/C20H19FN6O3S/c1-13(28)24-8-16-10-27(20(29)30-16)15-3-4-18(17(21)7-15)26-9-14(25-12-26)11-31-19-22-5-2-6-23-19/h2-7,9,12,16H,8,10-11H2,1H3,(H,24,28)/t16-/m0/s1. The van der Waals surface area contributed by atoms with Crippen LogP contribution in [0.1, 0.15) is 12.6 Å². The lowest BCUT2D eigenvalue weighted by Gasteiger charge is -2.14. The first-order chi connectivity index (χ1) is 15.0. The highest BCUT2D eigenvalue weighted by Gasteiger charge is 2.32. The third kappa shape index (κ3) is 5.00. The lowest BCUT2D eigenvalue weighted by molar-refractivity contribution is -0.119. The Bertz CT molecular complexity index is 1090. The maximum absolute atomic E-state index is 14.8. The molecule has 0 radical (unpaired) electrons. The SMILES string of the molecule is CC(=O)NC[C@H]1CN(c2ccc(-n3cnc(CSc4ncccn4)c3)c(F)c2)C(=O)O1. The zero-order valence-electron chi connectivity index (χ0n) is 16.6. The minimum absolute atomic E-state index is 0.209. The normalized spacial score (nSPS) is 15.7. The van der Waals surface area contributed by atoms with Gasteiger partial charge in [-0.1, -0.05) is 11.8 Å². The van der Waals surface area contributed by atoms with Crippen molar-refractivity contribution in [3.63, 3.8) is 0 Å². The summed E-state index contributed by atoms with van der Waals surface area (Å²) in [4.78, 5) is 37.1. The van der Waals surface area contributed by atoms with Crippen molar-refractivity contribution in [1.82, 2.24) is 24.8 Å². The summed E-state index contributed by atoms with van der Waals surface area (Å²) in [5, 5.41) is 3.25. The van der Waals surface area contributed by atoms with Crippen LogP contribution in [0.15, 0.2) is 54.3 Å². The number of cyclic esters (lactones) is 1. The molecule has 1 saturated heterocycles. The number of imidazole rings is 1. The van der Waals surface area contributed by atoms with Gasteiger partial charge in [0.15, 0.2) is 5.16 Å². The molecule has 0 spiro atoms. The number of amides is 2. The topological polar surface area (TPSA) is 102 Å².